The number of likely N-dealkylation sites (N-methyl/N-ethyl adjacent to an activating group) is 1. The van der Waals surface area contributed by atoms with E-state index in [1.807, 2.05) is 12.1 Å². The van der Waals surface area contributed by atoms with Gasteiger partial charge in [0.1, 0.15) is 0 Å². The van der Waals surface area contributed by atoms with Gasteiger partial charge in [-0.1, -0.05) is 0 Å². The Morgan fingerprint density at radius 2 is 1.38 bits per heavy atom. The highest BCUT2D eigenvalue weighted by atomic mass is 16.5. The molecule has 0 bridgehead atoms. The lowest BCUT2D eigenvalue weighted by Gasteiger charge is -2.35. The minimum atomic E-state index is -0.131. The van der Waals surface area contributed by atoms with Gasteiger partial charge in [0, 0.05) is 64.1 Å². The molecule has 1 aromatic heterocycles. The van der Waals surface area contributed by atoms with Crippen molar-refractivity contribution >= 4 is 23.4 Å². The normalized spacial score (nSPS) is 17.3. The highest BCUT2D eigenvalue weighted by Gasteiger charge is 2.23. The Bertz CT molecular complexity index is 908. The number of hydrogen-bond donors (Lipinski definition) is 1. The minimum absolute atomic E-state index is 0.131. The second-order valence-electron chi connectivity index (χ2n) is 8.01. The maximum atomic E-state index is 12.7. The molecule has 0 saturated carbocycles. The molecule has 1 N–H and O–H groups in total. The molecule has 10 nitrogen and oxygen atoms in total. The van der Waals surface area contributed by atoms with Gasteiger partial charge < -0.3 is 34.4 Å². The average Bonchev–Trinajstić information content (AvgIpc) is 2.84. The van der Waals surface area contributed by atoms with Crippen molar-refractivity contribution in [3.8, 4) is 11.5 Å². The van der Waals surface area contributed by atoms with Gasteiger partial charge in [-0.3, -0.25) is 0 Å². The van der Waals surface area contributed by atoms with Crippen molar-refractivity contribution in [1.82, 2.24) is 20.0 Å². The fourth-order valence-corrected chi connectivity index (χ4v) is 3.95. The first-order valence-electron chi connectivity index (χ1n) is 10.9. The molecule has 2 aliphatic heterocycles. The van der Waals surface area contributed by atoms with Crippen LogP contribution in [0.1, 0.15) is 0 Å². The zero-order chi connectivity index (χ0) is 22.5. The largest absolute Gasteiger partial charge is 0.493 e. The monoisotopic (exact) mass is 441 g/mol. The van der Waals surface area contributed by atoms with Crippen LogP contribution in [0.25, 0.3) is 0 Å². The molecule has 4 rings (SSSR count). The molecule has 0 atom stereocenters. The summed E-state index contributed by atoms with van der Waals surface area (Å²) in [5.74, 6) is 2.98. The fraction of sp³-hybridized carbons (Fsp3) is 0.500. The maximum Gasteiger partial charge on any atom is 0.321 e. The van der Waals surface area contributed by atoms with E-state index in [4.69, 9.17) is 9.47 Å². The predicted molar refractivity (Wildman–Crippen MR) is 124 cm³/mol. The van der Waals surface area contributed by atoms with Crippen molar-refractivity contribution in [2.24, 2.45) is 0 Å². The van der Waals surface area contributed by atoms with E-state index in [2.05, 4.69) is 37.3 Å². The van der Waals surface area contributed by atoms with Gasteiger partial charge in [0.2, 0.25) is 0 Å². The molecule has 2 saturated heterocycles. The third-order valence-electron chi connectivity index (χ3n) is 5.99. The van der Waals surface area contributed by atoms with E-state index in [1.54, 1.807) is 37.3 Å². The van der Waals surface area contributed by atoms with Crippen LogP contribution >= 0.6 is 0 Å². The Kier molecular flexibility index (Phi) is 6.79. The van der Waals surface area contributed by atoms with E-state index in [9.17, 15) is 4.79 Å². The molecule has 0 unspecified atom stereocenters. The first-order valence-corrected chi connectivity index (χ1v) is 10.9. The van der Waals surface area contributed by atoms with Gasteiger partial charge in [-0.2, -0.15) is 0 Å². The van der Waals surface area contributed by atoms with E-state index in [-0.39, 0.29) is 6.03 Å². The predicted octanol–water partition coefficient (Wildman–Crippen LogP) is 1.60. The summed E-state index contributed by atoms with van der Waals surface area (Å²) in [6, 6.07) is 9.27. The number of methoxy groups -OCH3 is 2. The van der Waals surface area contributed by atoms with Crippen LogP contribution in [0.3, 0.4) is 0 Å². The van der Waals surface area contributed by atoms with Gasteiger partial charge >= 0.3 is 6.03 Å². The second-order valence-corrected chi connectivity index (χ2v) is 8.01. The summed E-state index contributed by atoms with van der Waals surface area (Å²) in [5, 5.41) is 11.8. The van der Waals surface area contributed by atoms with Crippen molar-refractivity contribution in [2.75, 3.05) is 88.7 Å². The first-order chi connectivity index (χ1) is 15.6. The van der Waals surface area contributed by atoms with Crippen LogP contribution in [0, 0.1) is 0 Å². The molecule has 0 radical (unpaired) electrons. The number of aromatic nitrogens is 2. The van der Waals surface area contributed by atoms with Gasteiger partial charge in [0.05, 0.1) is 14.2 Å². The molecule has 32 heavy (non-hydrogen) atoms. The smallest absolute Gasteiger partial charge is 0.321 e. The van der Waals surface area contributed by atoms with Crippen molar-refractivity contribution in [3.63, 3.8) is 0 Å². The zero-order valence-electron chi connectivity index (χ0n) is 19.0. The lowest BCUT2D eigenvalue weighted by molar-refractivity contribution is 0.208. The molecule has 1 aromatic carbocycles. The number of ether oxygens (including phenoxy) is 2. The molecule has 2 aliphatic rings. The lowest BCUT2D eigenvalue weighted by Crippen LogP contribution is -2.50. The molecule has 0 aliphatic carbocycles. The number of urea groups is 1. The van der Waals surface area contributed by atoms with Crippen LogP contribution in [0.2, 0.25) is 0 Å². The number of carbonyl (C=O) groups is 1. The fourth-order valence-electron chi connectivity index (χ4n) is 3.95. The lowest BCUT2D eigenvalue weighted by atomic mass is 10.2. The van der Waals surface area contributed by atoms with Crippen LogP contribution in [-0.4, -0.2) is 99.7 Å². The van der Waals surface area contributed by atoms with E-state index in [0.29, 0.717) is 43.4 Å². The number of hydrogen-bond acceptors (Lipinski definition) is 8. The molecular formula is C22H31N7O3. The SMILES string of the molecule is COc1ccc(NC(=O)N2CCN(c3ccc(N4CCN(C)CC4)nn3)CC2)cc1OC. The first kappa shape index (κ1) is 21.9. The molecule has 2 aromatic rings. The number of anilines is 3. The molecular weight excluding hydrogens is 410 g/mol. The van der Waals surface area contributed by atoms with Crippen LogP contribution in [0.5, 0.6) is 11.5 Å². The Hall–Kier alpha value is -3.27. The topological polar surface area (TPSA) is 86.3 Å². The van der Waals surface area contributed by atoms with Gasteiger partial charge in [-0.15, -0.1) is 10.2 Å². The Morgan fingerprint density at radius 3 is 1.91 bits per heavy atom. The molecule has 0 spiro atoms. The zero-order valence-corrected chi connectivity index (χ0v) is 19.0. The number of rotatable bonds is 5. The van der Waals surface area contributed by atoms with E-state index in [1.165, 1.54) is 0 Å². The van der Waals surface area contributed by atoms with Gasteiger partial charge in [-0.05, 0) is 31.3 Å². The van der Waals surface area contributed by atoms with Crippen LogP contribution in [0.4, 0.5) is 22.1 Å². The standard InChI is InChI=1S/C22H31N7O3/c1-26-8-10-27(11-9-26)20-6-7-21(25-24-20)28-12-14-29(15-13-28)22(30)23-17-4-5-18(31-2)19(16-17)32-3/h4-7,16H,8-15H2,1-3H3,(H,23,30). The van der Waals surface area contributed by atoms with Gasteiger partial charge in [-0.25, -0.2) is 4.79 Å². The summed E-state index contributed by atoms with van der Waals surface area (Å²) >= 11 is 0. The summed E-state index contributed by atoms with van der Waals surface area (Å²) in [4.78, 5) is 21.3. The van der Waals surface area contributed by atoms with Crippen molar-refractivity contribution in [3.05, 3.63) is 30.3 Å². The van der Waals surface area contributed by atoms with E-state index >= 15 is 0 Å². The van der Waals surface area contributed by atoms with Gasteiger partial charge in [0.15, 0.2) is 23.1 Å². The second kappa shape index (κ2) is 9.90. The Morgan fingerprint density at radius 1 is 0.812 bits per heavy atom. The number of nitrogens with zero attached hydrogens (tertiary/aromatic N) is 6. The highest BCUT2D eigenvalue weighted by molar-refractivity contribution is 5.90. The van der Waals surface area contributed by atoms with Crippen LogP contribution in [0.15, 0.2) is 30.3 Å². The quantitative estimate of drug-likeness (QED) is 0.749. The highest BCUT2D eigenvalue weighted by Crippen LogP contribution is 2.30. The summed E-state index contributed by atoms with van der Waals surface area (Å²) < 4.78 is 10.5. The Labute approximate surface area is 188 Å². The third-order valence-corrected chi connectivity index (χ3v) is 5.99. The van der Waals surface area contributed by atoms with Gasteiger partial charge in [0.25, 0.3) is 0 Å². The van der Waals surface area contributed by atoms with Crippen molar-refractivity contribution < 1.29 is 14.3 Å². The van der Waals surface area contributed by atoms with E-state index < -0.39 is 0 Å². The maximum absolute atomic E-state index is 12.7. The minimum Gasteiger partial charge on any atom is -0.493 e. The number of benzene rings is 1. The summed E-state index contributed by atoms with van der Waals surface area (Å²) in [6.45, 7) is 6.66. The van der Waals surface area contributed by atoms with Crippen LogP contribution < -0.4 is 24.6 Å². The number of amides is 2. The van der Waals surface area contributed by atoms with Crippen molar-refractivity contribution in [2.45, 2.75) is 0 Å². The van der Waals surface area contributed by atoms with Crippen LogP contribution in [-0.2, 0) is 0 Å². The summed E-state index contributed by atoms with van der Waals surface area (Å²) in [5.41, 5.74) is 0.667. The summed E-state index contributed by atoms with van der Waals surface area (Å²) in [7, 11) is 5.29. The number of nitrogens with one attached hydrogen (secondary N) is 1. The molecule has 172 valence electrons. The summed E-state index contributed by atoms with van der Waals surface area (Å²) in [6.07, 6.45) is 0. The van der Waals surface area contributed by atoms with E-state index in [0.717, 1.165) is 37.8 Å². The van der Waals surface area contributed by atoms with Crippen molar-refractivity contribution in [1.29, 1.82) is 0 Å². The average molecular weight is 442 g/mol. The number of piperazine rings is 2. The molecule has 2 amide bonds. The third kappa shape index (κ3) is 4.96. The Balaban J connectivity index is 1.29. The molecule has 3 heterocycles. The molecule has 10 heteroatoms. The molecule has 2 fully saturated rings. The number of carbonyl (C=O) groups excluding carboxylic acids is 1.